The van der Waals surface area contributed by atoms with Crippen molar-refractivity contribution in [3.05, 3.63) is 70.3 Å². The van der Waals surface area contributed by atoms with Crippen molar-refractivity contribution in [3.63, 3.8) is 0 Å². The van der Waals surface area contributed by atoms with E-state index in [1.807, 2.05) is 18.2 Å². The summed E-state index contributed by atoms with van der Waals surface area (Å²) in [4.78, 5) is 52.3. The van der Waals surface area contributed by atoms with Gasteiger partial charge in [0.05, 0.1) is 17.0 Å². The molecule has 1 fully saturated rings. The third kappa shape index (κ3) is 5.92. The van der Waals surface area contributed by atoms with Crippen molar-refractivity contribution in [3.8, 4) is 0 Å². The van der Waals surface area contributed by atoms with Crippen LogP contribution in [-0.2, 0) is 30.5 Å². The maximum atomic E-state index is 12.3. The van der Waals surface area contributed by atoms with Gasteiger partial charge in [-0.25, -0.2) is 19.9 Å². The number of carbonyl (C=O) groups is 3. The fourth-order valence-corrected chi connectivity index (χ4v) is 2.78. The molecule has 0 aromatic heterocycles. The fraction of sp³-hybridized carbons (Fsp3) is 0.250. The van der Waals surface area contributed by atoms with Gasteiger partial charge in [0.1, 0.15) is 12.6 Å². The second-order valence-electron chi connectivity index (χ2n) is 6.54. The highest BCUT2D eigenvalue weighted by Gasteiger charge is 2.39. The smallest absolute Gasteiger partial charge is 0.413 e. The van der Waals surface area contributed by atoms with Gasteiger partial charge in [0.15, 0.2) is 6.73 Å². The number of nitro groups is 1. The second-order valence-corrected chi connectivity index (χ2v) is 6.54. The number of amides is 1. The first-order chi connectivity index (χ1) is 14.9. The number of esters is 1. The highest BCUT2D eigenvalue weighted by atomic mass is 16.7. The molecule has 1 aliphatic heterocycles. The summed E-state index contributed by atoms with van der Waals surface area (Å²) < 4.78 is 10.1. The molecule has 11 heteroatoms. The SMILES string of the molecule is O=C(CC[C@H]1C(=O)OCN1C(=O)OCc1ccccc1)ONc1ccc([N+](=O)[O-])cc1. The minimum absolute atomic E-state index is 0.0138. The molecule has 0 bridgehead atoms. The Morgan fingerprint density at radius 2 is 1.87 bits per heavy atom. The van der Waals surface area contributed by atoms with E-state index in [2.05, 4.69) is 5.48 Å². The lowest BCUT2D eigenvalue weighted by Gasteiger charge is -2.19. The van der Waals surface area contributed by atoms with Crippen LogP contribution in [0, 0.1) is 10.1 Å². The van der Waals surface area contributed by atoms with E-state index in [-0.39, 0.29) is 31.9 Å². The van der Waals surface area contributed by atoms with Gasteiger partial charge in [0, 0.05) is 12.1 Å². The maximum absolute atomic E-state index is 12.3. The van der Waals surface area contributed by atoms with Crippen LogP contribution in [0.5, 0.6) is 0 Å². The van der Waals surface area contributed by atoms with E-state index in [9.17, 15) is 24.5 Å². The molecule has 11 nitrogen and oxygen atoms in total. The minimum atomic E-state index is -0.963. The average Bonchev–Trinajstić information content (AvgIpc) is 3.16. The molecule has 0 spiro atoms. The van der Waals surface area contributed by atoms with Crippen LogP contribution in [0.15, 0.2) is 54.6 Å². The number of anilines is 1. The van der Waals surface area contributed by atoms with Gasteiger partial charge >= 0.3 is 18.0 Å². The zero-order chi connectivity index (χ0) is 22.2. The van der Waals surface area contributed by atoms with Crippen LogP contribution in [0.25, 0.3) is 0 Å². The molecule has 162 valence electrons. The third-order valence-electron chi connectivity index (χ3n) is 4.42. The summed E-state index contributed by atoms with van der Waals surface area (Å²) in [6.45, 7) is -0.217. The Kier molecular flexibility index (Phi) is 6.99. The molecule has 1 heterocycles. The maximum Gasteiger partial charge on any atom is 0.413 e. The predicted octanol–water partition coefficient (Wildman–Crippen LogP) is 2.77. The fourth-order valence-electron chi connectivity index (χ4n) is 2.78. The molecule has 1 N–H and O–H groups in total. The first-order valence-corrected chi connectivity index (χ1v) is 9.28. The molecule has 1 atom stereocenters. The van der Waals surface area contributed by atoms with E-state index in [0.29, 0.717) is 5.69 Å². The minimum Gasteiger partial charge on any atom is -0.444 e. The van der Waals surface area contributed by atoms with Gasteiger partial charge in [-0.1, -0.05) is 30.3 Å². The quantitative estimate of drug-likeness (QED) is 0.290. The molecule has 31 heavy (non-hydrogen) atoms. The lowest BCUT2D eigenvalue weighted by atomic mass is 10.1. The molecule has 2 aromatic carbocycles. The monoisotopic (exact) mass is 429 g/mol. The number of hydrogen-bond donors (Lipinski definition) is 1. The Labute approximate surface area is 176 Å². The number of rotatable bonds is 8. The van der Waals surface area contributed by atoms with Gasteiger partial charge in [0.25, 0.3) is 5.69 Å². The summed E-state index contributed by atoms with van der Waals surface area (Å²) in [5.41, 5.74) is 3.40. The number of cyclic esters (lactones) is 1. The lowest BCUT2D eigenvalue weighted by Crippen LogP contribution is -2.38. The molecular formula is C20H19N3O8. The number of nitrogens with zero attached hydrogens (tertiary/aromatic N) is 2. The van der Waals surface area contributed by atoms with Crippen LogP contribution in [0.1, 0.15) is 18.4 Å². The van der Waals surface area contributed by atoms with Crippen molar-refractivity contribution in [2.24, 2.45) is 0 Å². The number of carbonyl (C=O) groups excluding carboxylic acids is 3. The van der Waals surface area contributed by atoms with Crippen molar-refractivity contribution in [2.45, 2.75) is 25.5 Å². The van der Waals surface area contributed by atoms with Crippen molar-refractivity contribution in [2.75, 3.05) is 12.2 Å². The normalized spacial score (nSPS) is 15.2. The van der Waals surface area contributed by atoms with Crippen LogP contribution in [0.4, 0.5) is 16.2 Å². The average molecular weight is 429 g/mol. The molecular weight excluding hydrogens is 410 g/mol. The molecule has 1 saturated heterocycles. The Morgan fingerprint density at radius 1 is 1.16 bits per heavy atom. The summed E-state index contributed by atoms with van der Waals surface area (Å²) in [5.74, 6) is -1.32. The van der Waals surface area contributed by atoms with Gasteiger partial charge in [-0.15, -0.1) is 0 Å². The standard InChI is InChI=1S/C20H19N3O8/c24-18(31-21-15-6-8-16(9-7-15)23(27)28)11-10-17-19(25)30-13-22(17)20(26)29-12-14-4-2-1-3-5-14/h1-9,17,21H,10-13H2/t17-/m0/s1. The molecule has 0 radical (unpaired) electrons. The van der Waals surface area contributed by atoms with Crippen LogP contribution < -0.4 is 5.48 Å². The van der Waals surface area contributed by atoms with Crippen molar-refractivity contribution in [1.29, 1.82) is 0 Å². The Balaban J connectivity index is 1.45. The molecule has 0 saturated carbocycles. The summed E-state index contributed by atoms with van der Waals surface area (Å²) in [5, 5.41) is 10.6. The van der Waals surface area contributed by atoms with E-state index < -0.39 is 29.0 Å². The highest BCUT2D eigenvalue weighted by Crippen LogP contribution is 2.19. The van der Waals surface area contributed by atoms with E-state index in [1.54, 1.807) is 12.1 Å². The topological polar surface area (TPSA) is 137 Å². The summed E-state index contributed by atoms with van der Waals surface area (Å²) in [6.07, 6.45) is -0.917. The van der Waals surface area contributed by atoms with Crippen LogP contribution in [0.3, 0.4) is 0 Å². The van der Waals surface area contributed by atoms with E-state index in [0.717, 1.165) is 10.5 Å². The van der Waals surface area contributed by atoms with E-state index >= 15 is 0 Å². The van der Waals surface area contributed by atoms with E-state index in [1.165, 1.54) is 24.3 Å². The van der Waals surface area contributed by atoms with Crippen molar-refractivity contribution >= 4 is 29.4 Å². The van der Waals surface area contributed by atoms with Crippen molar-refractivity contribution in [1.82, 2.24) is 4.90 Å². The van der Waals surface area contributed by atoms with Gasteiger partial charge in [-0.3, -0.25) is 15.0 Å². The number of nitrogens with one attached hydrogen (secondary N) is 1. The van der Waals surface area contributed by atoms with Crippen molar-refractivity contribution < 1.29 is 33.6 Å². The van der Waals surface area contributed by atoms with E-state index in [4.69, 9.17) is 14.3 Å². The van der Waals surface area contributed by atoms with Crippen LogP contribution >= 0.6 is 0 Å². The van der Waals surface area contributed by atoms with Gasteiger partial charge in [-0.05, 0) is 24.1 Å². The first-order valence-electron chi connectivity index (χ1n) is 9.28. The predicted molar refractivity (Wildman–Crippen MR) is 105 cm³/mol. The van der Waals surface area contributed by atoms with Gasteiger partial charge in [0.2, 0.25) is 0 Å². The Hall–Kier alpha value is -4.15. The van der Waals surface area contributed by atoms with Gasteiger partial charge in [-0.2, -0.15) is 0 Å². The lowest BCUT2D eigenvalue weighted by molar-refractivity contribution is -0.384. The summed E-state index contributed by atoms with van der Waals surface area (Å²) >= 11 is 0. The summed E-state index contributed by atoms with van der Waals surface area (Å²) in [7, 11) is 0. The Morgan fingerprint density at radius 3 is 2.55 bits per heavy atom. The molecule has 0 unspecified atom stereocenters. The Bertz CT molecular complexity index is 949. The number of ether oxygens (including phenoxy) is 2. The first kappa shape index (κ1) is 21.6. The molecule has 1 aliphatic rings. The van der Waals surface area contributed by atoms with Crippen LogP contribution in [-0.4, -0.2) is 40.6 Å². The number of non-ortho nitro benzene ring substituents is 1. The molecule has 0 aliphatic carbocycles. The molecule has 3 rings (SSSR count). The summed E-state index contributed by atoms with van der Waals surface area (Å²) in [6, 6.07) is 13.4. The second kappa shape index (κ2) is 10.1. The number of benzene rings is 2. The third-order valence-corrected chi connectivity index (χ3v) is 4.42. The van der Waals surface area contributed by atoms with Crippen LogP contribution in [0.2, 0.25) is 0 Å². The molecule has 2 aromatic rings. The number of hydrogen-bond acceptors (Lipinski definition) is 9. The molecule has 1 amide bonds. The number of nitro benzene ring substituents is 1. The largest absolute Gasteiger partial charge is 0.444 e. The zero-order valence-corrected chi connectivity index (χ0v) is 16.3. The highest BCUT2D eigenvalue weighted by molar-refractivity contribution is 5.84. The van der Waals surface area contributed by atoms with Gasteiger partial charge < -0.3 is 14.3 Å². The zero-order valence-electron chi connectivity index (χ0n) is 16.3.